The molecule has 184 valence electrons. The number of carbonyl (C=O) groups is 2. The molecule has 4 aromatic rings. The smallest absolute Gasteiger partial charge is 0.275 e. The summed E-state index contributed by atoms with van der Waals surface area (Å²) in [6, 6.07) is 17.9. The van der Waals surface area contributed by atoms with Gasteiger partial charge in [-0.2, -0.15) is 5.10 Å². The van der Waals surface area contributed by atoms with Gasteiger partial charge in [-0.25, -0.2) is 0 Å². The molecule has 2 aromatic carbocycles. The number of halogens is 2. The second-order valence-electron chi connectivity index (χ2n) is 8.82. The zero-order valence-corrected chi connectivity index (χ0v) is 21.2. The Morgan fingerprint density at radius 1 is 1.06 bits per heavy atom. The molecule has 0 unspecified atom stereocenters. The van der Waals surface area contributed by atoms with Crippen LogP contribution in [-0.2, 0) is 11.3 Å². The van der Waals surface area contributed by atoms with Crippen molar-refractivity contribution in [2.75, 3.05) is 11.9 Å². The second-order valence-corrected chi connectivity index (χ2v) is 9.66. The van der Waals surface area contributed by atoms with Gasteiger partial charge in [0.15, 0.2) is 5.69 Å². The Labute approximate surface area is 219 Å². The number of nitrogens with zero attached hydrogens (tertiary/aromatic N) is 4. The quantitative estimate of drug-likeness (QED) is 0.360. The average molecular weight is 522 g/mol. The van der Waals surface area contributed by atoms with Crippen molar-refractivity contribution in [3.8, 4) is 5.69 Å². The van der Waals surface area contributed by atoms with Crippen molar-refractivity contribution in [3.05, 3.63) is 100 Å². The van der Waals surface area contributed by atoms with E-state index in [2.05, 4.69) is 10.4 Å². The van der Waals surface area contributed by atoms with Crippen molar-refractivity contribution < 1.29 is 9.59 Å². The molecule has 1 aliphatic rings. The van der Waals surface area contributed by atoms with Crippen LogP contribution >= 0.6 is 23.2 Å². The van der Waals surface area contributed by atoms with E-state index in [4.69, 9.17) is 23.2 Å². The molecule has 2 amide bonds. The molecular formula is C27H25Cl2N5O2. The molecule has 1 atom stereocenters. The van der Waals surface area contributed by atoms with Crippen LogP contribution in [0.3, 0.4) is 0 Å². The molecule has 9 heteroatoms. The van der Waals surface area contributed by atoms with E-state index in [1.165, 1.54) is 0 Å². The van der Waals surface area contributed by atoms with Crippen molar-refractivity contribution in [1.82, 2.24) is 19.2 Å². The molecule has 2 aromatic heterocycles. The van der Waals surface area contributed by atoms with Crippen LogP contribution in [0, 0.1) is 6.92 Å². The summed E-state index contributed by atoms with van der Waals surface area (Å²) < 4.78 is 3.66. The van der Waals surface area contributed by atoms with E-state index in [1.54, 1.807) is 33.8 Å². The minimum atomic E-state index is -0.567. The number of hydrogen-bond acceptors (Lipinski definition) is 3. The maximum Gasteiger partial charge on any atom is 0.275 e. The first-order valence-electron chi connectivity index (χ1n) is 11.7. The number of benzene rings is 2. The van der Waals surface area contributed by atoms with Crippen LogP contribution in [0.15, 0.2) is 73.1 Å². The predicted octanol–water partition coefficient (Wildman–Crippen LogP) is 5.58. The Morgan fingerprint density at radius 2 is 1.83 bits per heavy atom. The first-order chi connectivity index (χ1) is 17.4. The highest BCUT2D eigenvalue weighted by molar-refractivity contribution is 6.33. The highest BCUT2D eigenvalue weighted by Gasteiger charge is 2.36. The molecule has 1 N–H and O–H groups in total. The lowest BCUT2D eigenvalue weighted by atomic mass is 10.2. The third-order valence-corrected chi connectivity index (χ3v) is 6.99. The van der Waals surface area contributed by atoms with Crippen LogP contribution in [0.5, 0.6) is 0 Å². The van der Waals surface area contributed by atoms with E-state index < -0.39 is 6.04 Å². The minimum Gasteiger partial charge on any atom is -0.325 e. The fourth-order valence-corrected chi connectivity index (χ4v) is 4.92. The Morgan fingerprint density at radius 3 is 2.64 bits per heavy atom. The highest BCUT2D eigenvalue weighted by atomic mass is 35.5. The summed E-state index contributed by atoms with van der Waals surface area (Å²) in [5.74, 6) is -0.465. The van der Waals surface area contributed by atoms with Gasteiger partial charge in [-0.15, -0.1) is 0 Å². The molecule has 0 radical (unpaired) electrons. The maximum atomic E-state index is 13.4. The average Bonchev–Trinajstić information content (AvgIpc) is 3.63. The standard InChI is InChI=1S/C27H25Cl2N5O2/c1-18-15-23(31-34(18)17-19-16-20(28)10-11-21(19)29)27(36)33-14-6-9-25(33)26(35)30-22-7-2-3-8-24(22)32-12-4-5-13-32/h2-5,7-8,10-13,15-16,25H,6,9,14,17H2,1H3,(H,30,35)/t25-/m0/s1. The number of carbonyl (C=O) groups excluding carboxylic acids is 2. The van der Waals surface area contributed by atoms with Crippen LogP contribution in [0.25, 0.3) is 5.69 Å². The summed E-state index contributed by atoms with van der Waals surface area (Å²) in [6.07, 6.45) is 5.19. The molecular weight excluding hydrogens is 497 g/mol. The SMILES string of the molecule is Cc1cc(C(=O)N2CCC[C@H]2C(=O)Nc2ccccc2-n2cccc2)nn1Cc1cc(Cl)ccc1Cl. The van der Waals surface area contributed by atoms with E-state index in [1.807, 2.05) is 60.3 Å². The lowest BCUT2D eigenvalue weighted by molar-refractivity contribution is -0.119. The topological polar surface area (TPSA) is 72.2 Å². The number of hydrogen-bond donors (Lipinski definition) is 1. The van der Waals surface area contributed by atoms with Gasteiger partial charge in [0.05, 0.1) is 17.9 Å². The lowest BCUT2D eigenvalue weighted by Crippen LogP contribution is -2.43. The van der Waals surface area contributed by atoms with Gasteiger partial charge in [-0.1, -0.05) is 35.3 Å². The molecule has 1 aliphatic heterocycles. The fourth-order valence-electron chi connectivity index (χ4n) is 4.55. The molecule has 0 saturated carbocycles. The molecule has 1 saturated heterocycles. The van der Waals surface area contributed by atoms with Crippen molar-refractivity contribution in [2.24, 2.45) is 0 Å². The molecule has 0 aliphatic carbocycles. The zero-order chi connectivity index (χ0) is 25.2. The van der Waals surface area contributed by atoms with E-state index in [-0.39, 0.29) is 11.8 Å². The normalized spacial score (nSPS) is 15.3. The number of aryl methyl sites for hydroxylation is 1. The van der Waals surface area contributed by atoms with Crippen LogP contribution in [0.4, 0.5) is 5.69 Å². The van der Waals surface area contributed by atoms with Gasteiger partial charge in [0.25, 0.3) is 5.91 Å². The number of rotatable bonds is 6. The van der Waals surface area contributed by atoms with E-state index in [0.29, 0.717) is 40.9 Å². The Hall–Kier alpha value is -3.55. The second kappa shape index (κ2) is 10.2. The largest absolute Gasteiger partial charge is 0.325 e. The van der Waals surface area contributed by atoms with Gasteiger partial charge in [-0.3, -0.25) is 14.3 Å². The summed E-state index contributed by atoms with van der Waals surface area (Å²) in [5.41, 5.74) is 3.49. The van der Waals surface area contributed by atoms with Crippen molar-refractivity contribution >= 4 is 40.7 Å². The van der Waals surface area contributed by atoms with Gasteiger partial charge in [-0.05, 0) is 73.9 Å². The van der Waals surface area contributed by atoms with Crippen LogP contribution < -0.4 is 5.32 Å². The zero-order valence-electron chi connectivity index (χ0n) is 19.7. The Bertz CT molecular complexity index is 1410. The summed E-state index contributed by atoms with van der Waals surface area (Å²) in [7, 11) is 0. The Balaban J connectivity index is 1.33. The van der Waals surface area contributed by atoms with Crippen LogP contribution in [-0.4, -0.2) is 43.6 Å². The molecule has 1 fully saturated rings. The molecule has 36 heavy (non-hydrogen) atoms. The molecule has 7 nitrogen and oxygen atoms in total. The number of aromatic nitrogens is 3. The van der Waals surface area contributed by atoms with Gasteiger partial charge in [0.2, 0.25) is 5.91 Å². The molecule has 3 heterocycles. The van der Waals surface area contributed by atoms with Gasteiger partial charge in [0, 0.05) is 34.7 Å². The number of likely N-dealkylation sites (tertiary alicyclic amines) is 1. The van der Waals surface area contributed by atoms with Gasteiger partial charge >= 0.3 is 0 Å². The van der Waals surface area contributed by atoms with Gasteiger partial charge < -0.3 is 14.8 Å². The molecule has 0 bridgehead atoms. The summed E-state index contributed by atoms with van der Waals surface area (Å²) >= 11 is 12.4. The number of para-hydroxylation sites is 2. The lowest BCUT2D eigenvalue weighted by Gasteiger charge is -2.23. The Kier molecular flexibility index (Phi) is 6.85. The van der Waals surface area contributed by atoms with Crippen molar-refractivity contribution in [2.45, 2.75) is 32.4 Å². The summed E-state index contributed by atoms with van der Waals surface area (Å²) in [4.78, 5) is 28.3. The first-order valence-corrected chi connectivity index (χ1v) is 12.5. The van der Waals surface area contributed by atoms with E-state index >= 15 is 0 Å². The summed E-state index contributed by atoms with van der Waals surface area (Å²) in [6.45, 7) is 2.77. The van der Waals surface area contributed by atoms with Crippen molar-refractivity contribution in [1.29, 1.82) is 0 Å². The third-order valence-electron chi connectivity index (χ3n) is 6.39. The predicted molar refractivity (Wildman–Crippen MR) is 141 cm³/mol. The van der Waals surface area contributed by atoms with Crippen LogP contribution in [0.1, 0.15) is 34.6 Å². The molecule has 5 rings (SSSR count). The van der Waals surface area contributed by atoms with E-state index in [0.717, 1.165) is 23.4 Å². The minimum absolute atomic E-state index is 0.206. The number of nitrogens with one attached hydrogen (secondary N) is 1. The first kappa shape index (κ1) is 24.2. The fraction of sp³-hybridized carbons (Fsp3) is 0.222. The highest BCUT2D eigenvalue weighted by Crippen LogP contribution is 2.26. The van der Waals surface area contributed by atoms with Gasteiger partial charge in [0.1, 0.15) is 6.04 Å². The van der Waals surface area contributed by atoms with E-state index in [9.17, 15) is 9.59 Å². The summed E-state index contributed by atoms with van der Waals surface area (Å²) in [5, 5.41) is 8.73. The van der Waals surface area contributed by atoms with Crippen LogP contribution in [0.2, 0.25) is 10.0 Å². The monoisotopic (exact) mass is 521 g/mol. The number of anilines is 1. The molecule has 0 spiro atoms. The van der Waals surface area contributed by atoms with Crippen molar-refractivity contribution in [3.63, 3.8) is 0 Å². The third kappa shape index (κ3) is 4.90. The number of amides is 2. The maximum absolute atomic E-state index is 13.4.